The van der Waals surface area contributed by atoms with Crippen molar-refractivity contribution in [2.75, 3.05) is 0 Å². The molecule has 2 N–H and O–H groups in total. The van der Waals surface area contributed by atoms with Crippen LogP contribution in [0.25, 0.3) is 0 Å². The van der Waals surface area contributed by atoms with Crippen LogP contribution in [-0.2, 0) is 4.79 Å². The van der Waals surface area contributed by atoms with Crippen molar-refractivity contribution in [2.24, 2.45) is 0 Å². The van der Waals surface area contributed by atoms with E-state index in [2.05, 4.69) is 28.2 Å². The number of hydrogen-bond donors (Lipinski definition) is 2. The van der Waals surface area contributed by atoms with Crippen molar-refractivity contribution >= 4 is 27.8 Å². The third-order valence-electron chi connectivity index (χ3n) is 2.96. The van der Waals surface area contributed by atoms with E-state index in [1.54, 1.807) is 6.92 Å². The van der Waals surface area contributed by atoms with Crippen LogP contribution in [0.5, 0.6) is 5.75 Å². The zero-order valence-corrected chi connectivity index (χ0v) is 13.9. The molecule has 1 aromatic rings. The first kappa shape index (κ1) is 17.5. The molecule has 21 heavy (non-hydrogen) atoms. The summed E-state index contributed by atoms with van der Waals surface area (Å²) in [5.74, 6) is -0.766. The van der Waals surface area contributed by atoms with Gasteiger partial charge in [-0.15, -0.1) is 0 Å². The van der Waals surface area contributed by atoms with Gasteiger partial charge in [0.1, 0.15) is 5.75 Å². The molecule has 0 aliphatic heterocycles. The normalized spacial score (nSPS) is 13.3. The van der Waals surface area contributed by atoms with Crippen molar-refractivity contribution in [3.8, 4) is 5.75 Å². The SMILES string of the molecule is CCCC(C)NC(=O)C(C)Oc1ccc(C(=O)O)cc1Br. The largest absolute Gasteiger partial charge is 0.480 e. The van der Waals surface area contributed by atoms with Gasteiger partial charge in [-0.2, -0.15) is 0 Å². The number of halogens is 1. The minimum atomic E-state index is -1.01. The predicted molar refractivity (Wildman–Crippen MR) is 83.7 cm³/mol. The third-order valence-corrected chi connectivity index (χ3v) is 3.58. The summed E-state index contributed by atoms with van der Waals surface area (Å²) in [5, 5.41) is 11.8. The van der Waals surface area contributed by atoms with Gasteiger partial charge in [-0.1, -0.05) is 13.3 Å². The Morgan fingerprint density at radius 1 is 1.38 bits per heavy atom. The van der Waals surface area contributed by atoms with Gasteiger partial charge in [0.15, 0.2) is 6.10 Å². The van der Waals surface area contributed by atoms with E-state index in [9.17, 15) is 9.59 Å². The monoisotopic (exact) mass is 357 g/mol. The Hall–Kier alpha value is -1.56. The Balaban J connectivity index is 2.68. The zero-order chi connectivity index (χ0) is 16.0. The number of aromatic carboxylic acids is 1. The number of nitrogens with one attached hydrogen (secondary N) is 1. The molecular weight excluding hydrogens is 338 g/mol. The summed E-state index contributed by atoms with van der Waals surface area (Å²) < 4.78 is 6.07. The lowest BCUT2D eigenvalue weighted by molar-refractivity contribution is -0.127. The average Bonchev–Trinajstić information content (AvgIpc) is 2.40. The molecule has 0 aliphatic rings. The Kier molecular flexibility index (Phi) is 6.68. The van der Waals surface area contributed by atoms with Crippen LogP contribution in [0.15, 0.2) is 22.7 Å². The number of ether oxygens (including phenoxy) is 1. The van der Waals surface area contributed by atoms with E-state index in [4.69, 9.17) is 9.84 Å². The fourth-order valence-corrected chi connectivity index (χ4v) is 2.31. The highest BCUT2D eigenvalue weighted by molar-refractivity contribution is 9.10. The molecule has 2 unspecified atom stereocenters. The molecular formula is C15H20BrNO4. The molecule has 116 valence electrons. The number of carboxylic acid groups (broad SMARTS) is 1. The Bertz CT molecular complexity index is 518. The summed E-state index contributed by atoms with van der Waals surface area (Å²) in [5.41, 5.74) is 0.155. The maximum absolute atomic E-state index is 12.0. The van der Waals surface area contributed by atoms with E-state index in [1.807, 2.05) is 6.92 Å². The van der Waals surface area contributed by atoms with Crippen molar-refractivity contribution in [1.29, 1.82) is 0 Å². The Morgan fingerprint density at radius 3 is 2.57 bits per heavy atom. The maximum Gasteiger partial charge on any atom is 0.335 e. The number of rotatable bonds is 7. The van der Waals surface area contributed by atoms with E-state index in [0.717, 1.165) is 12.8 Å². The van der Waals surface area contributed by atoms with Crippen LogP contribution in [0.4, 0.5) is 0 Å². The van der Waals surface area contributed by atoms with Crippen LogP contribution in [0.2, 0.25) is 0 Å². The lowest BCUT2D eigenvalue weighted by atomic mass is 10.2. The highest BCUT2D eigenvalue weighted by atomic mass is 79.9. The van der Waals surface area contributed by atoms with Gasteiger partial charge in [-0.25, -0.2) is 4.79 Å². The standard InChI is InChI=1S/C15H20BrNO4/c1-4-5-9(2)17-14(18)10(3)21-13-7-6-11(15(19)20)8-12(13)16/h6-10H,4-5H2,1-3H3,(H,17,18)(H,19,20). The minimum absolute atomic E-state index is 0.103. The van der Waals surface area contributed by atoms with Crippen molar-refractivity contribution in [3.05, 3.63) is 28.2 Å². The van der Waals surface area contributed by atoms with E-state index in [0.29, 0.717) is 10.2 Å². The highest BCUT2D eigenvalue weighted by Crippen LogP contribution is 2.27. The first-order valence-electron chi connectivity index (χ1n) is 6.85. The molecule has 2 atom stereocenters. The molecule has 0 aliphatic carbocycles. The molecule has 0 spiro atoms. The molecule has 0 saturated carbocycles. The van der Waals surface area contributed by atoms with Gasteiger partial charge in [-0.3, -0.25) is 4.79 Å². The van der Waals surface area contributed by atoms with E-state index in [-0.39, 0.29) is 17.5 Å². The lowest BCUT2D eigenvalue weighted by Gasteiger charge is -2.19. The van der Waals surface area contributed by atoms with Crippen LogP contribution in [0, 0.1) is 0 Å². The number of hydrogen-bond acceptors (Lipinski definition) is 3. The first-order valence-corrected chi connectivity index (χ1v) is 7.64. The molecule has 0 aromatic heterocycles. The van der Waals surface area contributed by atoms with Gasteiger partial charge in [0.05, 0.1) is 10.0 Å². The van der Waals surface area contributed by atoms with Gasteiger partial charge in [-0.05, 0) is 54.4 Å². The minimum Gasteiger partial charge on any atom is -0.480 e. The molecule has 6 heteroatoms. The topological polar surface area (TPSA) is 75.6 Å². The Labute approximate surface area is 132 Å². The van der Waals surface area contributed by atoms with Crippen molar-refractivity contribution in [1.82, 2.24) is 5.32 Å². The summed E-state index contributed by atoms with van der Waals surface area (Å²) in [4.78, 5) is 22.8. The summed E-state index contributed by atoms with van der Waals surface area (Å²) >= 11 is 3.25. The summed E-state index contributed by atoms with van der Waals surface area (Å²) in [7, 11) is 0. The third kappa shape index (κ3) is 5.38. The van der Waals surface area contributed by atoms with E-state index >= 15 is 0 Å². The predicted octanol–water partition coefficient (Wildman–Crippen LogP) is 3.22. The molecule has 0 saturated heterocycles. The maximum atomic E-state index is 12.0. The first-order chi connectivity index (χ1) is 9.85. The number of carbonyl (C=O) groups is 2. The van der Waals surface area contributed by atoms with Crippen molar-refractivity contribution in [2.45, 2.75) is 45.8 Å². The van der Waals surface area contributed by atoms with Gasteiger partial charge < -0.3 is 15.2 Å². The second-order valence-electron chi connectivity index (χ2n) is 4.91. The van der Waals surface area contributed by atoms with Crippen LogP contribution in [0.3, 0.4) is 0 Å². The van der Waals surface area contributed by atoms with Crippen molar-refractivity contribution < 1.29 is 19.4 Å². The Morgan fingerprint density at radius 2 is 2.05 bits per heavy atom. The molecule has 0 fully saturated rings. The second kappa shape index (κ2) is 8.02. The van der Waals surface area contributed by atoms with Crippen LogP contribution in [-0.4, -0.2) is 29.1 Å². The van der Waals surface area contributed by atoms with Gasteiger partial charge >= 0.3 is 5.97 Å². The quantitative estimate of drug-likeness (QED) is 0.785. The smallest absolute Gasteiger partial charge is 0.335 e. The van der Waals surface area contributed by atoms with Crippen LogP contribution >= 0.6 is 15.9 Å². The summed E-state index contributed by atoms with van der Waals surface area (Å²) in [6, 6.07) is 4.52. The summed E-state index contributed by atoms with van der Waals surface area (Å²) in [6.45, 7) is 5.67. The van der Waals surface area contributed by atoms with E-state index < -0.39 is 12.1 Å². The van der Waals surface area contributed by atoms with Crippen molar-refractivity contribution in [3.63, 3.8) is 0 Å². The van der Waals surface area contributed by atoms with Crippen LogP contribution < -0.4 is 10.1 Å². The molecule has 1 rings (SSSR count). The number of carboxylic acids is 1. The molecule has 0 heterocycles. The molecule has 5 nitrogen and oxygen atoms in total. The fraction of sp³-hybridized carbons (Fsp3) is 0.467. The van der Waals surface area contributed by atoms with Gasteiger partial charge in [0.2, 0.25) is 0 Å². The number of benzene rings is 1. The van der Waals surface area contributed by atoms with Gasteiger partial charge in [0, 0.05) is 6.04 Å². The molecule has 1 amide bonds. The fourth-order valence-electron chi connectivity index (χ4n) is 1.84. The zero-order valence-electron chi connectivity index (χ0n) is 12.4. The van der Waals surface area contributed by atoms with Crippen LogP contribution in [0.1, 0.15) is 44.0 Å². The average molecular weight is 358 g/mol. The number of carbonyl (C=O) groups excluding carboxylic acids is 1. The molecule has 1 aromatic carbocycles. The molecule has 0 bridgehead atoms. The van der Waals surface area contributed by atoms with Gasteiger partial charge in [0.25, 0.3) is 5.91 Å². The number of amides is 1. The summed E-state index contributed by atoms with van der Waals surface area (Å²) in [6.07, 6.45) is 1.25. The molecule has 0 radical (unpaired) electrons. The van der Waals surface area contributed by atoms with E-state index in [1.165, 1.54) is 18.2 Å². The lowest BCUT2D eigenvalue weighted by Crippen LogP contribution is -2.41. The second-order valence-corrected chi connectivity index (χ2v) is 5.76. The highest BCUT2D eigenvalue weighted by Gasteiger charge is 2.18.